The van der Waals surface area contributed by atoms with E-state index in [4.69, 9.17) is 0 Å². The van der Waals surface area contributed by atoms with Crippen LogP contribution in [0.3, 0.4) is 0 Å². The fourth-order valence-corrected chi connectivity index (χ4v) is 3.85. The van der Waals surface area contributed by atoms with Crippen LogP contribution in [-0.2, 0) is 11.2 Å². The van der Waals surface area contributed by atoms with Crippen LogP contribution in [0.1, 0.15) is 96.6 Å². The fourth-order valence-electron chi connectivity index (χ4n) is 3.85. The first-order chi connectivity index (χ1) is 12.9. The van der Waals surface area contributed by atoms with Crippen LogP contribution in [0.4, 0.5) is 0 Å². The van der Waals surface area contributed by atoms with E-state index >= 15 is 0 Å². The van der Waals surface area contributed by atoms with Gasteiger partial charge in [-0.2, -0.15) is 0 Å². The van der Waals surface area contributed by atoms with Crippen LogP contribution in [0.5, 0.6) is 0 Å². The number of hydrogen-bond acceptors (Lipinski definition) is 1. The third kappa shape index (κ3) is 7.16. The normalized spacial score (nSPS) is 14.6. The van der Waals surface area contributed by atoms with Crippen molar-refractivity contribution < 1.29 is 4.79 Å². The lowest BCUT2D eigenvalue weighted by atomic mass is 9.82. The third-order valence-electron chi connectivity index (χ3n) is 5.74. The second-order valence-corrected chi connectivity index (χ2v) is 9.15. The molecule has 1 aromatic carbocycles. The standard InChI is InChI=1S/C25H39NO/c1-5-6-7-8-9-10-11-16-24(27)26-23(25(2,3)4)19-21-18-17-20-14-12-13-15-22(20)21/h12-15,18,23H,5-11,16-17,19H2,1-4H3,(H,26,27)/t23-/m0/s1. The van der Waals surface area contributed by atoms with E-state index in [-0.39, 0.29) is 17.4 Å². The van der Waals surface area contributed by atoms with Gasteiger partial charge in [-0.1, -0.05) is 96.6 Å². The minimum absolute atomic E-state index is 0.0498. The maximum atomic E-state index is 12.5. The maximum absolute atomic E-state index is 12.5. The van der Waals surface area contributed by atoms with Crippen molar-refractivity contribution in [3.8, 4) is 0 Å². The number of amides is 1. The van der Waals surface area contributed by atoms with Crippen molar-refractivity contribution in [1.29, 1.82) is 0 Å². The third-order valence-corrected chi connectivity index (χ3v) is 5.74. The molecule has 1 aliphatic rings. The summed E-state index contributed by atoms with van der Waals surface area (Å²) in [5, 5.41) is 3.35. The first-order valence-corrected chi connectivity index (χ1v) is 11.0. The van der Waals surface area contributed by atoms with Crippen LogP contribution in [0.25, 0.3) is 5.57 Å². The van der Waals surface area contributed by atoms with E-state index in [0.717, 1.165) is 19.3 Å². The zero-order valence-electron chi connectivity index (χ0n) is 17.9. The second-order valence-electron chi connectivity index (χ2n) is 9.15. The van der Waals surface area contributed by atoms with Gasteiger partial charge in [-0.05, 0) is 41.4 Å². The first-order valence-electron chi connectivity index (χ1n) is 11.0. The van der Waals surface area contributed by atoms with Crippen LogP contribution in [0.2, 0.25) is 0 Å². The van der Waals surface area contributed by atoms with Gasteiger partial charge in [0.1, 0.15) is 0 Å². The maximum Gasteiger partial charge on any atom is 0.220 e. The molecule has 150 valence electrons. The summed E-state index contributed by atoms with van der Waals surface area (Å²) in [6.45, 7) is 8.93. The summed E-state index contributed by atoms with van der Waals surface area (Å²) in [5.74, 6) is 0.218. The number of rotatable bonds is 11. The fraction of sp³-hybridized carbons (Fsp3) is 0.640. The number of carbonyl (C=O) groups excluding carboxylic acids is 1. The molecule has 0 heterocycles. The number of fused-ring (bicyclic) bond motifs is 1. The molecule has 1 atom stereocenters. The molecule has 0 saturated heterocycles. The summed E-state index contributed by atoms with van der Waals surface area (Å²) in [7, 11) is 0. The largest absolute Gasteiger partial charge is 0.353 e. The molecule has 2 rings (SSSR count). The lowest BCUT2D eigenvalue weighted by Crippen LogP contribution is -2.43. The van der Waals surface area contributed by atoms with E-state index in [1.807, 2.05) is 0 Å². The molecule has 2 nitrogen and oxygen atoms in total. The quantitative estimate of drug-likeness (QED) is 0.433. The zero-order valence-corrected chi connectivity index (χ0v) is 17.9. The van der Waals surface area contributed by atoms with Gasteiger partial charge < -0.3 is 5.32 Å². The van der Waals surface area contributed by atoms with Gasteiger partial charge >= 0.3 is 0 Å². The van der Waals surface area contributed by atoms with Crippen molar-refractivity contribution in [2.45, 2.75) is 97.9 Å². The Hall–Kier alpha value is -1.57. The summed E-state index contributed by atoms with van der Waals surface area (Å²) >= 11 is 0. The van der Waals surface area contributed by atoms with Crippen molar-refractivity contribution >= 4 is 11.5 Å². The van der Waals surface area contributed by atoms with Crippen LogP contribution < -0.4 is 5.32 Å². The summed E-state index contributed by atoms with van der Waals surface area (Å²) < 4.78 is 0. The van der Waals surface area contributed by atoms with Gasteiger partial charge in [0.2, 0.25) is 5.91 Å². The van der Waals surface area contributed by atoms with Gasteiger partial charge in [0, 0.05) is 12.5 Å². The Morgan fingerprint density at radius 2 is 1.70 bits per heavy atom. The Balaban J connectivity index is 1.81. The van der Waals surface area contributed by atoms with E-state index in [2.05, 4.69) is 63.4 Å². The van der Waals surface area contributed by atoms with E-state index in [0.29, 0.717) is 6.42 Å². The predicted molar refractivity (Wildman–Crippen MR) is 117 cm³/mol. The Morgan fingerprint density at radius 3 is 2.41 bits per heavy atom. The molecule has 1 aliphatic carbocycles. The van der Waals surface area contributed by atoms with Crippen LogP contribution in [0.15, 0.2) is 30.3 Å². The second kappa shape index (κ2) is 10.7. The molecular formula is C25H39NO. The Kier molecular flexibility index (Phi) is 8.60. The van der Waals surface area contributed by atoms with Gasteiger partial charge in [-0.25, -0.2) is 0 Å². The van der Waals surface area contributed by atoms with Crippen LogP contribution in [0, 0.1) is 5.41 Å². The highest BCUT2D eigenvalue weighted by Crippen LogP contribution is 2.34. The van der Waals surface area contributed by atoms with Crippen molar-refractivity contribution in [3.05, 3.63) is 41.5 Å². The summed E-state index contributed by atoms with van der Waals surface area (Å²) in [4.78, 5) is 12.5. The van der Waals surface area contributed by atoms with Crippen molar-refractivity contribution in [2.75, 3.05) is 0 Å². The average molecular weight is 370 g/mol. The number of unbranched alkanes of at least 4 members (excludes halogenated alkanes) is 6. The number of hydrogen-bond donors (Lipinski definition) is 1. The molecule has 1 N–H and O–H groups in total. The Labute approximate surface area is 166 Å². The number of carbonyl (C=O) groups is 1. The number of benzene rings is 1. The zero-order chi connectivity index (χ0) is 19.7. The molecule has 0 bridgehead atoms. The van der Waals surface area contributed by atoms with E-state index < -0.39 is 0 Å². The average Bonchev–Trinajstić information content (AvgIpc) is 3.03. The molecular weight excluding hydrogens is 330 g/mol. The summed E-state index contributed by atoms with van der Waals surface area (Å²) in [5.41, 5.74) is 4.22. The summed E-state index contributed by atoms with van der Waals surface area (Å²) in [6, 6.07) is 8.83. The van der Waals surface area contributed by atoms with Crippen LogP contribution >= 0.6 is 0 Å². The Morgan fingerprint density at radius 1 is 1.04 bits per heavy atom. The molecule has 0 saturated carbocycles. The van der Waals surface area contributed by atoms with Gasteiger partial charge in [-0.15, -0.1) is 0 Å². The van der Waals surface area contributed by atoms with Gasteiger partial charge in [0.05, 0.1) is 0 Å². The smallest absolute Gasteiger partial charge is 0.220 e. The molecule has 0 aromatic heterocycles. The molecule has 2 heteroatoms. The van der Waals surface area contributed by atoms with Gasteiger partial charge in [-0.3, -0.25) is 4.79 Å². The van der Waals surface area contributed by atoms with E-state index in [1.54, 1.807) is 0 Å². The van der Waals surface area contributed by atoms with Gasteiger partial charge in [0.15, 0.2) is 0 Å². The molecule has 0 aliphatic heterocycles. The van der Waals surface area contributed by atoms with Crippen molar-refractivity contribution in [3.63, 3.8) is 0 Å². The highest BCUT2D eigenvalue weighted by Gasteiger charge is 2.28. The highest BCUT2D eigenvalue weighted by atomic mass is 16.1. The molecule has 27 heavy (non-hydrogen) atoms. The molecule has 0 fully saturated rings. The number of allylic oxidation sites excluding steroid dienone is 1. The molecule has 0 unspecified atom stereocenters. The highest BCUT2D eigenvalue weighted by molar-refractivity contribution is 5.78. The lowest BCUT2D eigenvalue weighted by Gasteiger charge is -2.32. The van der Waals surface area contributed by atoms with Gasteiger partial charge in [0.25, 0.3) is 0 Å². The summed E-state index contributed by atoms with van der Waals surface area (Å²) in [6.07, 6.45) is 13.7. The van der Waals surface area contributed by atoms with Crippen molar-refractivity contribution in [1.82, 2.24) is 5.32 Å². The molecule has 0 spiro atoms. The van der Waals surface area contributed by atoms with E-state index in [9.17, 15) is 4.79 Å². The molecule has 0 radical (unpaired) electrons. The minimum atomic E-state index is 0.0498. The lowest BCUT2D eigenvalue weighted by molar-refractivity contribution is -0.122. The topological polar surface area (TPSA) is 29.1 Å². The molecule has 1 amide bonds. The number of nitrogens with one attached hydrogen (secondary N) is 1. The van der Waals surface area contributed by atoms with Crippen LogP contribution in [-0.4, -0.2) is 11.9 Å². The SMILES string of the molecule is CCCCCCCCCC(=O)N[C@@H](CC1=CCc2ccccc21)C(C)(C)C. The first kappa shape index (κ1) is 21.7. The van der Waals surface area contributed by atoms with E-state index in [1.165, 1.54) is 55.2 Å². The monoisotopic (exact) mass is 369 g/mol. The van der Waals surface area contributed by atoms with Crippen molar-refractivity contribution in [2.24, 2.45) is 5.41 Å². The Bertz CT molecular complexity index is 623. The molecule has 1 aromatic rings. The minimum Gasteiger partial charge on any atom is -0.353 e. The predicted octanol–water partition coefficient (Wildman–Crippen LogP) is 6.69.